The van der Waals surface area contributed by atoms with E-state index in [1.165, 1.54) is 11.8 Å². The molecule has 0 saturated heterocycles. The quantitative estimate of drug-likeness (QED) is 0.907. The number of anilines is 2. The smallest absolute Gasteiger partial charge is 0.255 e. The molecule has 0 spiro atoms. The number of thioether (sulfide) groups is 1. The number of carbonyl (C=O) groups is 2. The van der Waals surface area contributed by atoms with Crippen molar-refractivity contribution in [3.63, 3.8) is 0 Å². The summed E-state index contributed by atoms with van der Waals surface area (Å²) in [5.41, 5.74) is 2.85. The Morgan fingerprint density at radius 2 is 2.09 bits per heavy atom. The van der Waals surface area contributed by atoms with E-state index >= 15 is 0 Å². The number of fused-ring (bicyclic) bond motifs is 1. The van der Waals surface area contributed by atoms with Gasteiger partial charge in [-0.15, -0.1) is 11.8 Å². The number of rotatable bonds is 3. The van der Waals surface area contributed by atoms with Crippen LogP contribution in [0, 0.1) is 6.92 Å². The highest BCUT2D eigenvalue weighted by Gasteiger charge is 2.16. The fraction of sp³-hybridized carbons (Fsp3) is 0.176. The lowest BCUT2D eigenvalue weighted by Crippen LogP contribution is -2.19. The fourth-order valence-electron chi connectivity index (χ4n) is 2.33. The van der Waals surface area contributed by atoms with E-state index in [-0.39, 0.29) is 11.8 Å². The van der Waals surface area contributed by atoms with E-state index in [4.69, 9.17) is 4.74 Å². The number of nitrogens with one attached hydrogen (secondary N) is 2. The lowest BCUT2D eigenvalue weighted by Gasteiger charge is -2.17. The van der Waals surface area contributed by atoms with E-state index in [0.29, 0.717) is 22.8 Å². The number of hydrogen-bond donors (Lipinski definition) is 2. The summed E-state index contributed by atoms with van der Waals surface area (Å²) in [6.45, 7) is 1.92. The third-order valence-electron chi connectivity index (χ3n) is 3.54. The van der Waals surface area contributed by atoms with Crippen LogP contribution >= 0.6 is 11.8 Å². The molecule has 2 N–H and O–H groups in total. The second kappa shape index (κ2) is 6.34. The van der Waals surface area contributed by atoms with Crippen LogP contribution in [-0.4, -0.2) is 24.7 Å². The summed E-state index contributed by atoms with van der Waals surface area (Å²) in [6, 6.07) is 10.8. The van der Waals surface area contributed by atoms with E-state index < -0.39 is 0 Å². The lowest BCUT2D eigenvalue weighted by molar-refractivity contribution is -0.113. The summed E-state index contributed by atoms with van der Waals surface area (Å²) in [7, 11) is 1.58. The molecule has 1 aliphatic heterocycles. The third kappa shape index (κ3) is 3.32. The van der Waals surface area contributed by atoms with E-state index in [2.05, 4.69) is 10.6 Å². The molecule has 0 aliphatic carbocycles. The zero-order valence-electron chi connectivity index (χ0n) is 12.8. The number of benzene rings is 2. The molecular formula is C17H16N2O3S. The number of methoxy groups -OCH3 is 1. The van der Waals surface area contributed by atoms with Crippen molar-refractivity contribution in [2.24, 2.45) is 0 Å². The Bertz CT molecular complexity index is 789. The first-order chi connectivity index (χ1) is 11.1. The maximum Gasteiger partial charge on any atom is 0.255 e. The molecule has 23 heavy (non-hydrogen) atoms. The fourth-order valence-corrected chi connectivity index (χ4v) is 3.11. The van der Waals surface area contributed by atoms with Crippen molar-refractivity contribution in [2.75, 3.05) is 23.5 Å². The van der Waals surface area contributed by atoms with Crippen LogP contribution in [0.25, 0.3) is 0 Å². The standard InChI is InChI=1S/C17H16N2O3S/c1-10-3-4-11(7-14(10)22-2)17(21)18-12-5-6-15-13(8-12)19-16(20)9-23-15/h3-8H,9H2,1-2H3,(H,18,21)(H,19,20). The Morgan fingerprint density at radius 1 is 1.26 bits per heavy atom. The molecule has 0 atom stereocenters. The van der Waals surface area contributed by atoms with Crippen molar-refractivity contribution in [3.05, 3.63) is 47.5 Å². The normalized spacial score (nSPS) is 13.0. The molecule has 1 aliphatic rings. The summed E-state index contributed by atoms with van der Waals surface area (Å²) < 4.78 is 5.24. The van der Waals surface area contributed by atoms with Crippen LogP contribution in [0.3, 0.4) is 0 Å². The zero-order chi connectivity index (χ0) is 16.4. The molecule has 0 aromatic heterocycles. The largest absolute Gasteiger partial charge is 0.496 e. The number of carbonyl (C=O) groups excluding carboxylic acids is 2. The van der Waals surface area contributed by atoms with Gasteiger partial charge in [0.2, 0.25) is 5.91 Å². The molecule has 2 amide bonds. The van der Waals surface area contributed by atoms with Crippen molar-refractivity contribution in [3.8, 4) is 5.75 Å². The van der Waals surface area contributed by atoms with Gasteiger partial charge in [0.1, 0.15) is 5.75 Å². The molecule has 118 valence electrons. The highest BCUT2D eigenvalue weighted by Crippen LogP contribution is 2.33. The van der Waals surface area contributed by atoms with Gasteiger partial charge in [0.25, 0.3) is 5.91 Å². The van der Waals surface area contributed by atoms with Crippen LogP contribution in [0.4, 0.5) is 11.4 Å². The topological polar surface area (TPSA) is 67.4 Å². The van der Waals surface area contributed by atoms with E-state index in [1.807, 2.05) is 25.1 Å². The molecule has 2 aromatic rings. The minimum absolute atomic E-state index is 0.0331. The maximum atomic E-state index is 12.4. The molecule has 0 saturated carbocycles. The third-order valence-corrected chi connectivity index (χ3v) is 4.61. The van der Waals surface area contributed by atoms with Crippen molar-refractivity contribution in [1.29, 1.82) is 0 Å². The molecule has 6 heteroatoms. The van der Waals surface area contributed by atoms with Gasteiger partial charge in [-0.3, -0.25) is 9.59 Å². The van der Waals surface area contributed by atoms with Crippen LogP contribution in [-0.2, 0) is 4.79 Å². The highest BCUT2D eigenvalue weighted by atomic mass is 32.2. The van der Waals surface area contributed by atoms with Crippen LogP contribution < -0.4 is 15.4 Å². The van der Waals surface area contributed by atoms with Gasteiger partial charge in [-0.25, -0.2) is 0 Å². The maximum absolute atomic E-state index is 12.4. The van der Waals surface area contributed by atoms with Crippen molar-refractivity contribution in [2.45, 2.75) is 11.8 Å². The number of hydrogen-bond acceptors (Lipinski definition) is 4. The Hall–Kier alpha value is -2.47. The van der Waals surface area contributed by atoms with Gasteiger partial charge in [0.05, 0.1) is 18.6 Å². The highest BCUT2D eigenvalue weighted by molar-refractivity contribution is 8.00. The van der Waals surface area contributed by atoms with Crippen LogP contribution in [0.15, 0.2) is 41.3 Å². The first-order valence-electron chi connectivity index (χ1n) is 7.09. The van der Waals surface area contributed by atoms with Crippen LogP contribution in [0.5, 0.6) is 5.75 Å². The van der Waals surface area contributed by atoms with Crippen LogP contribution in [0.1, 0.15) is 15.9 Å². The predicted octanol–water partition coefficient (Wildman–Crippen LogP) is 3.30. The van der Waals surface area contributed by atoms with Gasteiger partial charge in [0, 0.05) is 16.1 Å². The summed E-state index contributed by atoms with van der Waals surface area (Å²) in [5.74, 6) is 0.834. The summed E-state index contributed by atoms with van der Waals surface area (Å²) in [5, 5.41) is 5.65. The molecule has 2 aromatic carbocycles. The van der Waals surface area contributed by atoms with Crippen LogP contribution in [0.2, 0.25) is 0 Å². The Labute approximate surface area is 138 Å². The van der Waals surface area contributed by atoms with E-state index in [9.17, 15) is 9.59 Å². The second-order valence-corrected chi connectivity index (χ2v) is 6.20. The Balaban J connectivity index is 1.80. The number of ether oxygens (including phenoxy) is 1. The van der Waals surface area contributed by atoms with Crippen molar-refractivity contribution < 1.29 is 14.3 Å². The molecule has 5 nitrogen and oxygen atoms in total. The minimum Gasteiger partial charge on any atom is -0.496 e. The molecule has 0 radical (unpaired) electrons. The Kier molecular flexibility index (Phi) is 4.25. The average Bonchev–Trinajstić information content (AvgIpc) is 2.54. The van der Waals surface area contributed by atoms with E-state index in [1.54, 1.807) is 25.3 Å². The van der Waals surface area contributed by atoms with Crippen molar-refractivity contribution in [1.82, 2.24) is 0 Å². The summed E-state index contributed by atoms with van der Waals surface area (Å²) in [6.07, 6.45) is 0. The van der Waals surface area contributed by atoms with Gasteiger partial charge >= 0.3 is 0 Å². The van der Waals surface area contributed by atoms with Gasteiger partial charge in [-0.2, -0.15) is 0 Å². The minimum atomic E-state index is -0.224. The first kappa shape index (κ1) is 15.4. The van der Waals surface area contributed by atoms with Gasteiger partial charge in [-0.1, -0.05) is 6.07 Å². The molecule has 0 bridgehead atoms. The number of amides is 2. The molecular weight excluding hydrogens is 312 g/mol. The summed E-state index contributed by atoms with van der Waals surface area (Å²) in [4.78, 5) is 24.8. The lowest BCUT2D eigenvalue weighted by atomic mass is 10.1. The van der Waals surface area contributed by atoms with Crippen molar-refractivity contribution >= 4 is 35.0 Å². The SMILES string of the molecule is COc1cc(C(=O)Nc2ccc3c(c2)NC(=O)CS3)ccc1C. The second-order valence-electron chi connectivity index (χ2n) is 5.19. The number of aryl methyl sites for hydroxylation is 1. The molecule has 1 heterocycles. The first-order valence-corrected chi connectivity index (χ1v) is 8.08. The Morgan fingerprint density at radius 3 is 2.87 bits per heavy atom. The van der Waals surface area contributed by atoms with Gasteiger partial charge in [-0.05, 0) is 42.8 Å². The predicted molar refractivity (Wildman–Crippen MR) is 91.5 cm³/mol. The van der Waals surface area contributed by atoms with Gasteiger partial charge < -0.3 is 15.4 Å². The zero-order valence-corrected chi connectivity index (χ0v) is 13.6. The van der Waals surface area contributed by atoms with E-state index in [0.717, 1.165) is 16.1 Å². The summed E-state index contributed by atoms with van der Waals surface area (Å²) >= 11 is 1.49. The molecule has 0 fully saturated rings. The monoisotopic (exact) mass is 328 g/mol. The van der Waals surface area contributed by atoms with Gasteiger partial charge in [0.15, 0.2) is 0 Å². The average molecular weight is 328 g/mol. The molecule has 0 unspecified atom stereocenters. The molecule has 3 rings (SSSR count).